The number of carbonyl (C=O) groups is 1. The van der Waals surface area contributed by atoms with Crippen molar-refractivity contribution in [2.45, 2.75) is 17.7 Å². The highest BCUT2D eigenvalue weighted by Crippen LogP contribution is 2.27. The molecular formula is C20H19ClN2O3S2. The van der Waals surface area contributed by atoms with Gasteiger partial charge in [0.05, 0.1) is 4.90 Å². The van der Waals surface area contributed by atoms with Gasteiger partial charge in [0, 0.05) is 34.4 Å². The first-order chi connectivity index (χ1) is 13.4. The van der Waals surface area contributed by atoms with E-state index in [1.807, 2.05) is 29.6 Å². The maximum absolute atomic E-state index is 12.7. The summed E-state index contributed by atoms with van der Waals surface area (Å²) in [6.07, 6.45) is 0.999. The number of anilines is 1. The number of thiophene rings is 1. The summed E-state index contributed by atoms with van der Waals surface area (Å²) in [5.74, 6) is -0.257. The Labute approximate surface area is 173 Å². The molecule has 1 saturated heterocycles. The summed E-state index contributed by atoms with van der Waals surface area (Å²) in [4.78, 5) is 12.8. The van der Waals surface area contributed by atoms with Crippen LogP contribution in [-0.2, 0) is 14.8 Å². The Morgan fingerprint density at radius 1 is 1.07 bits per heavy atom. The Morgan fingerprint density at radius 2 is 1.79 bits per heavy atom. The number of sulfonamides is 1. The topological polar surface area (TPSA) is 66.5 Å². The summed E-state index contributed by atoms with van der Waals surface area (Å²) in [6, 6.07) is 14.0. The molecule has 1 fully saturated rings. The van der Waals surface area contributed by atoms with E-state index in [1.54, 1.807) is 23.5 Å². The van der Waals surface area contributed by atoms with Crippen molar-refractivity contribution in [3.63, 3.8) is 0 Å². The van der Waals surface area contributed by atoms with Gasteiger partial charge >= 0.3 is 0 Å². The summed E-state index contributed by atoms with van der Waals surface area (Å²) in [5, 5.41) is 6.59. The van der Waals surface area contributed by atoms with Crippen molar-refractivity contribution in [3.05, 3.63) is 58.9 Å². The zero-order valence-corrected chi connectivity index (χ0v) is 17.4. The fourth-order valence-corrected chi connectivity index (χ4v) is 5.77. The lowest BCUT2D eigenvalue weighted by Gasteiger charge is -2.30. The van der Waals surface area contributed by atoms with Crippen molar-refractivity contribution >= 4 is 54.6 Å². The largest absolute Gasteiger partial charge is 0.326 e. The van der Waals surface area contributed by atoms with Crippen LogP contribution in [0.25, 0.3) is 10.1 Å². The molecule has 0 spiro atoms. The lowest BCUT2D eigenvalue weighted by Crippen LogP contribution is -2.41. The molecule has 0 aliphatic carbocycles. The van der Waals surface area contributed by atoms with Gasteiger partial charge in [-0.25, -0.2) is 8.42 Å². The maximum atomic E-state index is 12.7. The summed E-state index contributed by atoms with van der Waals surface area (Å²) in [5.41, 5.74) is 0.770. The van der Waals surface area contributed by atoms with Gasteiger partial charge in [-0.15, -0.1) is 11.3 Å². The van der Waals surface area contributed by atoms with E-state index in [4.69, 9.17) is 11.6 Å². The molecule has 8 heteroatoms. The van der Waals surface area contributed by atoms with Crippen molar-refractivity contribution in [3.8, 4) is 0 Å². The smallest absolute Gasteiger partial charge is 0.243 e. The summed E-state index contributed by atoms with van der Waals surface area (Å²) < 4.78 is 28.1. The van der Waals surface area contributed by atoms with Crippen molar-refractivity contribution < 1.29 is 13.2 Å². The monoisotopic (exact) mass is 434 g/mol. The molecular weight excluding hydrogens is 416 g/mol. The minimum absolute atomic E-state index is 0.0573. The van der Waals surface area contributed by atoms with E-state index in [0.29, 0.717) is 31.0 Å². The lowest BCUT2D eigenvalue weighted by molar-refractivity contribution is -0.120. The van der Waals surface area contributed by atoms with E-state index >= 15 is 0 Å². The van der Waals surface area contributed by atoms with E-state index in [2.05, 4.69) is 5.32 Å². The zero-order valence-electron chi connectivity index (χ0n) is 15.0. The Kier molecular flexibility index (Phi) is 5.42. The van der Waals surface area contributed by atoms with Gasteiger partial charge in [-0.05, 0) is 72.1 Å². The zero-order chi connectivity index (χ0) is 19.7. The van der Waals surface area contributed by atoms with Crippen LogP contribution in [0, 0.1) is 5.92 Å². The number of hydrogen-bond donors (Lipinski definition) is 1. The summed E-state index contributed by atoms with van der Waals surface area (Å²) in [7, 11) is -3.56. The minimum Gasteiger partial charge on any atom is -0.326 e. The van der Waals surface area contributed by atoms with Crippen molar-refractivity contribution in [2.75, 3.05) is 18.4 Å². The lowest BCUT2D eigenvalue weighted by atomic mass is 9.97. The van der Waals surface area contributed by atoms with Gasteiger partial charge in [-0.2, -0.15) is 4.31 Å². The van der Waals surface area contributed by atoms with Gasteiger partial charge in [-0.1, -0.05) is 11.6 Å². The van der Waals surface area contributed by atoms with Crippen LogP contribution in [0.2, 0.25) is 5.02 Å². The molecule has 1 amide bonds. The number of nitrogens with one attached hydrogen (secondary N) is 1. The third-order valence-electron chi connectivity index (χ3n) is 5.00. The fourth-order valence-electron chi connectivity index (χ4n) is 3.40. The number of halogens is 1. The summed E-state index contributed by atoms with van der Waals surface area (Å²) >= 11 is 7.50. The van der Waals surface area contributed by atoms with Crippen molar-refractivity contribution in [1.82, 2.24) is 4.31 Å². The standard InChI is InChI=1S/C20H19ClN2O3S2/c21-16-1-4-18(5-2-16)28(25,26)23-10-7-14(8-11-23)20(24)22-17-3-6-19-15(13-17)9-12-27-19/h1-6,9,12-14H,7-8,10-11H2,(H,22,24). The average Bonchev–Trinajstić information content (AvgIpc) is 3.16. The Hall–Kier alpha value is -1.93. The van der Waals surface area contributed by atoms with Gasteiger partial charge in [0.25, 0.3) is 0 Å². The number of hydrogen-bond acceptors (Lipinski definition) is 4. The molecule has 0 bridgehead atoms. The molecule has 28 heavy (non-hydrogen) atoms. The number of carbonyl (C=O) groups excluding carboxylic acids is 1. The van der Waals surface area contributed by atoms with Crippen LogP contribution in [0.4, 0.5) is 5.69 Å². The molecule has 0 unspecified atom stereocenters. The molecule has 3 aromatic rings. The summed E-state index contributed by atoms with van der Waals surface area (Å²) in [6.45, 7) is 0.652. The Bertz CT molecular complexity index is 1100. The van der Waals surface area contributed by atoms with E-state index in [0.717, 1.165) is 11.1 Å². The molecule has 0 atom stereocenters. The quantitative estimate of drug-likeness (QED) is 0.652. The molecule has 1 aromatic heterocycles. The van der Waals surface area contributed by atoms with E-state index < -0.39 is 10.0 Å². The van der Waals surface area contributed by atoms with Gasteiger partial charge in [-0.3, -0.25) is 4.79 Å². The second kappa shape index (κ2) is 7.83. The predicted octanol–water partition coefficient (Wildman–Crippen LogP) is 4.59. The molecule has 2 aromatic carbocycles. The predicted molar refractivity (Wildman–Crippen MR) is 113 cm³/mol. The molecule has 2 heterocycles. The molecule has 5 nitrogen and oxygen atoms in total. The number of benzene rings is 2. The van der Waals surface area contributed by atoms with Gasteiger partial charge in [0.15, 0.2) is 0 Å². The third kappa shape index (κ3) is 3.93. The second-order valence-corrected chi connectivity index (χ2v) is 10.1. The van der Waals surface area contributed by atoms with Gasteiger partial charge < -0.3 is 5.32 Å². The second-order valence-electron chi connectivity index (χ2n) is 6.79. The van der Waals surface area contributed by atoms with E-state index in [9.17, 15) is 13.2 Å². The maximum Gasteiger partial charge on any atom is 0.243 e. The van der Waals surface area contributed by atoms with Crippen LogP contribution in [0.1, 0.15) is 12.8 Å². The molecule has 0 saturated carbocycles. The molecule has 146 valence electrons. The van der Waals surface area contributed by atoms with Crippen LogP contribution < -0.4 is 5.32 Å². The minimum atomic E-state index is -3.56. The van der Waals surface area contributed by atoms with Gasteiger partial charge in [0.1, 0.15) is 0 Å². The first-order valence-corrected chi connectivity index (χ1v) is 11.7. The third-order valence-corrected chi connectivity index (χ3v) is 8.06. The number of piperidine rings is 1. The number of fused-ring (bicyclic) bond motifs is 1. The Morgan fingerprint density at radius 3 is 2.50 bits per heavy atom. The highest BCUT2D eigenvalue weighted by molar-refractivity contribution is 7.89. The highest BCUT2D eigenvalue weighted by Gasteiger charge is 2.32. The van der Waals surface area contributed by atoms with E-state index in [1.165, 1.54) is 21.1 Å². The first kappa shape index (κ1) is 19.4. The molecule has 1 aliphatic rings. The van der Waals surface area contributed by atoms with Crippen LogP contribution in [0.3, 0.4) is 0 Å². The van der Waals surface area contributed by atoms with Crippen molar-refractivity contribution in [1.29, 1.82) is 0 Å². The molecule has 0 radical (unpaired) electrons. The normalized spacial score (nSPS) is 16.3. The number of amides is 1. The number of nitrogens with zero attached hydrogens (tertiary/aromatic N) is 1. The average molecular weight is 435 g/mol. The van der Waals surface area contributed by atoms with Crippen LogP contribution in [0.15, 0.2) is 58.8 Å². The first-order valence-electron chi connectivity index (χ1n) is 8.97. The van der Waals surface area contributed by atoms with Gasteiger partial charge in [0.2, 0.25) is 15.9 Å². The number of rotatable bonds is 4. The molecule has 4 rings (SSSR count). The fraction of sp³-hybridized carbons (Fsp3) is 0.250. The van der Waals surface area contributed by atoms with Crippen LogP contribution in [0.5, 0.6) is 0 Å². The van der Waals surface area contributed by atoms with Crippen molar-refractivity contribution in [2.24, 2.45) is 5.92 Å². The van der Waals surface area contributed by atoms with Crippen LogP contribution in [-0.4, -0.2) is 31.7 Å². The molecule has 1 N–H and O–H groups in total. The Balaban J connectivity index is 1.39. The SMILES string of the molecule is O=C(Nc1ccc2sccc2c1)C1CCN(S(=O)(=O)c2ccc(Cl)cc2)CC1. The van der Waals surface area contributed by atoms with Crippen LogP contribution >= 0.6 is 22.9 Å². The van der Waals surface area contributed by atoms with E-state index in [-0.39, 0.29) is 16.7 Å². The molecule has 1 aliphatic heterocycles. The highest BCUT2D eigenvalue weighted by atomic mass is 35.5.